The Hall–Kier alpha value is -3.33. The van der Waals surface area contributed by atoms with Crippen LogP contribution in [0.3, 0.4) is 0 Å². The van der Waals surface area contributed by atoms with Crippen LogP contribution in [0.2, 0.25) is 5.02 Å². The molecule has 1 aromatic heterocycles. The number of halogens is 3. The maximum Gasteiger partial charge on any atom is 0.306 e. The maximum absolute atomic E-state index is 13.8. The fourth-order valence-electron chi connectivity index (χ4n) is 2.61. The zero-order valence-corrected chi connectivity index (χ0v) is 17.2. The molecule has 0 saturated carbocycles. The molecule has 0 aliphatic heterocycles. The standard InChI is InChI=1S/C21H18ClF2N3O4/c1-27(11-15-16(22)3-2-4-17(15)24)19(28)12-30-20(29)10-9-18-25-21(26-31-18)13-5-7-14(23)8-6-13/h2-8H,9-12H2,1H3. The highest BCUT2D eigenvalue weighted by atomic mass is 35.5. The molecule has 3 rings (SSSR count). The van der Waals surface area contributed by atoms with Crippen molar-refractivity contribution < 1.29 is 27.6 Å². The van der Waals surface area contributed by atoms with Crippen molar-refractivity contribution in [3.05, 3.63) is 70.6 Å². The fraction of sp³-hybridized carbons (Fsp3) is 0.238. The lowest BCUT2D eigenvalue weighted by atomic mass is 10.2. The molecule has 162 valence electrons. The first kappa shape index (κ1) is 22.4. The Balaban J connectivity index is 1.45. The maximum atomic E-state index is 13.8. The lowest BCUT2D eigenvalue weighted by molar-refractivity contribution is -0.151. The molecule has 10 heteroatoms. The molecule has 2 aromatic carbocycles. The molecule has 0 aliphatic carbocycles. The van der Waals surface area contributed by atoms with E-state index in [4.69, 9.17) is 20.9 Å². The summed E-state index contributed by atoms with van der Waals surface area (Å²) in [6.07, 6.45) is 0.0308. The molecule has 0 unspecified atom stereocenters. The number of nitrogens with zero attached hydrogens (tertiary/aromatic N) is 3. The predicted molar refractivity (Wildman–Crippen MR) is 107 cm³/mol. The molecule has 0 atom stereocenters. The van der Waals surface area contributed by atoms with Gasteiger partial charge >= 0.3 is 5.97 Å². The molecule has 0 bridgehead atoms. The molecular formula is C21H18ClF2N3O4. The van der Waals surface area contributed by atoms with Crippen molar-refractivity contribution in [1.29, 1.82) is 0 Å². The van der Waals surface area contributed by atoms with Gasteiger partial charge in [0, 0.05) is 36.2 Å². The summed E-state index contributed by atoms with van der Waals surface area (Å²) in [5, 5.41) is 3.99. The Morgan fingerprint density at radius 2 is 1.90 bits per heavy atom. The number of rotatable bonds is 8. The SMILES string of the molecule is CN(Cc1c(F)cccc1Cl)C(=O)COC(=O)CCc1nc(-c2ccc(F)cc2)no1. The molecule has 0 aliphatic rings. The summed E-state index contributed by atoms with van der Waals surface area (Å²) in [6, 6.07) is 9.81. The normalized spacial score (nSPS) is 10.7. The van der Waals surface area contributed by atoms with E-state index in [1.807, 2.05) is 0 Å². The number of aryl methyl sites for hydroxylation is 1. The van der Waals surface area contributed by atoms with Gasteiger partial charge in [0.25, 0.3) is 5.91 Å². The molecular weight excluding hydrogens is 432 g/mol. The van der Waals surface area contributed by atoms with Crippen LogP contribution in [0.4, 0.5) is 8.78 Å². The Kier molecular flexibility index (Phi) is 7.30. The molecule has 31 heavy (non-hydrogen) atoms. The number of hydrogen-bond donors (Lipinski definition) is 0. The number of likely N-dealkylation sites (N-methyl/N-ethyl adjacent to an activating group) is 1. The van der Waals surface area contributed by atoms with E-state index < -0.39 is 24.3 Å². The second-order valence-corrected chi connectivity index (χ2v) is 7.04. The average Bonchev–Trinajstić information content (AvgIpc) is 3.22. The highest BCUT2D eigenvalue weighted by Crippen LogP contribution is 2.20. The lowest BCUT2D eigenvalue weighted by Gasteiger charge is -2.18. The third-order valence-corrected chi connectivity index (χ3v) is 4.71. The molecule has 1 heterocycles. The van der Waals surface area contributed by atoms with E-state index in [0.29, 0.717) is 5.56 Å². The van der Waals surface area contributed by atoms with Crippen molar-refractivity contribution in [2.75, 3.05) is 13.7 Å². The van der Waals surface area contributed by atoms with Crippen LogP contribution in [0.5, 0.6) is 0 Å². The van der Waals surface area contributed by atoms with E-state index in [9.17, 15) is 18.4 Å². The summed E-state index contributed by atoms with van der Waals surface area (Å²) in [6.45, 7) is -0.553. The first-order valence-electron chi connectivity index (χ1n) is 9.24. The Morgan fingerprint density at radius 1 is 1.16 bits per heavy atom. The second kappa shape index (κ2) is 10.1. The van der Waals surface area contributed by atoms with Gasteiger partial charge in [-0.1, -0.05) is 22.8 Å². The predicted octanol–water partition coefficient (Wildman–Crippen LogP) is 3.80. The van der Waals surface area contributed by atoms with Crippen molar-refractivity contribution in [3.63, 3.8) is 0 Å². The van der Waals surface area contributed by atoms with Crippen LogP contribution in [0.25, 0.3) is 11.4 Å². The van der Waals surface area contributed by atoms with E-state index in [1.54, 1.807) is 0 Å². The van der Waals surface area contributed by atoms with Gasteiger partial charge in [0.05, 0.1) is 6.42 Å². The van der Waals surface area contributed by atoms with Gasteiger partial charge in [-0.3, -0.25) is 9.59 Å². The smallest absolute Gasteiger partial charge is 0.306 e. The number of hydrogen-bond acceptors (Lipinski definition) is 6. The number of carbonyl (C=O) groups is 2. The molecule has 7 nitrogen and oxygen atoms in total. The number of ether oxygens (including phenoxy) is 1. The summed E-state index contributed by atoms with van der Waals surface area (Å²) in [7, 11) is 1.45. The van der Waals surface area contributed by atoms with Crippen LogP contribution in [0.15, 0.2) is 47.0 Å². The Bertz CT molecular complexity index is 1050. The van der Waals surface area contributed by atoms with Crippen LogP contribution < -0.4 is 0 Å². The van der Waals surface area contributed by atoms with Crippen LogP contribution in [-0.4, -0.2) is 40.6 Å². The summed E-state index contributed by atoms with van der Waals surface area (Å²) >= 11 is 5.95. The van der Waals surface area contributed by atoms with Crippen molar-refractivity contribution in [2.24, 2.45) is 0 Å². The van der Waals surface area contributed by atoms with E-state index in [0.717, 1.165) is 0 Å². The number of esters is 1. The monoisotopic (exact) mass is 449 g/mol. The number of amides is 1. The molecule has 0 N–H and O–H groups in total. The van der Waals surface area contributed by atoms with E-state index in [1.165, 1.54) is 54.4 Å². The van der Waals surface area contributed by atoms with Crippen molar-refractivity contribution in [1.82, 2.24) is 15.0 Å². The van der Waals surface area contributed by atoms with Crippen molar-refractivity contribution in [2.45, 2.75) is 19.4 Å². The van der Waals surface area contributed by atoms with Crippen LogP contribution in [0.1, 0.15) is 17.9 Å². The second-order valence-electron chi connectivity index (χ2n) is 6.63. The summed E-state index contributed by atoms with van der Waals surface area (Å²) in [5.74, 6) is -1.58. The fourth-order valence-corrected chi connectivity index (χ4v) is 2.84. The molecule has 3 aromatic rings. The van der Waals surface area contributed by atoms with Crippen LogP contribution in [0, 0.1) is 11.6 Å². The molecule has 0 saturated heterocycles. The van der Waals surface area contributed by atoms with Gasteiger partial charge in [-0.2, -0.15) is 4.98 Å². The topological polar surface area (TPSA) is 85.5 Å². The van der Waals surface area contributed by atoms with Gasteiger partial charge in [-0.15, -0.1) is 0 Å². The number of carbonyl (C=O) groups excluding carboxylic acids is 2. The van der Waals surface area contributed by atoms with Crippen LogP contribution in [-0.2, 0) is 27.3 Å². The first-order chi connectivity index (χ1) is 14.8. The minimum absolute atomic E-state index is 0.0595. The van der Waals surface area contributed by atoms with Gasteiger partial charge in [0.15, 0.2) is 6.61 Å². The molecule has 1 amide bonds. The molecule has 0 fully saturated rings. The summed E-state index contributed by atoms with van der Waals surface area (Å²) < 4.78 is 36.8. The van der Waals surface area contributed by atoms with Gasteiger partial charge < -0.3 is 14.2 Å². The van der Waals surface area contributed by atoms with Crippen LogP contribution >= 0.6 is 11.6 Å². The average molecular weight is 450 g/mol. The van der Waals surface area contributed by atoms with E-state index in [2.05, 4.69) is 10.1 Å². The third kappa shape index (κ3) is 6.08. The van der Waals surface area contributed by atoms with Gasteiger partial charge in [-0.05, 0) is 36.4 Å². The van der Waals surface area contributed by atoms with Crippen molar-refractivity contribution >= 4 is 23.5 Å². The van der Waals surface area contributed by atoms with Crippen molar-refractivity contribution in [3.8, 4) is 11.4 Å². The van der Waals surface area contributed by atoms with Gasteiger partial charge in [-0.25, -0.2) is 8.78 Å². The summed E-state index contributed by atoms with van der Waals surface area (Å²) in [5.41, 5.74) is 0.752. The molecule has 0 spiro atoms. The van der Waals surface area contributed by atoms with Gasteiger partial charge in [0.1, 0.15) is 11.6 Å². The van der Waals surface area contributed by atoms with Gasteiger partial charge in [0.2, 0.25) is 11.7 Å². The number of aromatic nitrogens is 2. The van der Waals surface area contributed by atoms with E-state index >= 15 is 0 Å². The molecule has 0 radical (unpaired) electrons. The zero-order valence-electron chi connectivity index (χ0n) is 16.5. The minimum Gasteiger partial charge on any atom is -0.456 e. The first-order valence-corrected chi connectivity index (χ1v) is 9.62. The highest BCUT2D eigenvalue weighted by Gasteiger charge is 2.17. The number of benzene rings is 2. The minimum atomic E-state index is -0.632. The van der Waals surface area contributed by atoms with E-state index in [-0.39, 0.29) is 47.5 Å². The quantitative estimate of drug-likeness (QED) is 0.486. The Labute approximate surface area is 181 Å². The third-order valence-electron chi connectivity index (χ3n) is 4.35. The Morgan fingerprint density at radius 3 is 2.61 bits per heavy atom. The lowest BCUT2D eigenvalue weighted by Crippen LogP contribution is -2.31. The largest absolute Gasteiger partial charge is 0.456 e. The summed E-state index contributed by atoms with van der Waals surface area (Å²) in [4.78, 5) is 29.4. The zero-order chi connectivity index (χ0) is 22.4. The highest BCUT2D eigenvalue weighted by molar-refractivity contribution is 6.31.